The molecule has 0 fully saturated rings. The summed E-state index contributed by atoms with van der Waals surface area (Å²) in [6, 6.07) is 1.19. The normalized spacial score (nSPS) is 11.5. The van der Waals surface area contributed by atoms with Crippen LogP contribution >= 0.6 is 0 Å². The maximum Gasteiger partial charge on any atom is 0.373 e. The quantitative estimate of drug-likeness (QED) is 0.547. The van der Waals surface area contributed by atoms with Crippen LogP contribution in [-0.4, -0.2) is 41.6 Å². The molecule has 0 saturated heterocycles. The van der Waals surface area contributed by atoms with Crippen LogP contribution in [-0.2, 0) is 21.2 Å². The van der Waals surface area contributed by atoms with Crippen molar-refractivity contribution in [3.63, 3.8) is 0 Å². The molecular weight excluding hydrogens is 272 g/mol. The van der Waals surface area contributed by atoms with Crippen LogP contribution in [0.25, 0.3) is 0 Å². The lowest BCUT2D eigenvalue weighted by molar-refractivity contribution is 0.0563. The number of methoxy groups -OCH3 is 1. The third-order valence-electron chi connectivity index (χ3n) is 2.43. The highest BCUT2D eigenvalue weighted by molar-refractivity contribution is 7.89. The Morgan fingerprint density at radius 2 is 2.11 bits per heavy atom. The van der Waals surface area contributed by atoms with Crippen molar-refractivity contribution < 1.29 is 22.4 Å². The second-order valence-electron chi connectivity index (χ2n) is 3.74. The van der Waals surface area contributed by atoms with E-state index in [0.29, 0.717) is 13.0 Å². The number of carbonyl (C=O) groups excluding carboxylic acids is 1. The number of hydrogen-bond acceptors (Lipinski definition) is 6. The Kier molecular flexibility index (Phi) is 5.52. The molecule has 0 aromatic carbocycles. The fraction of sp³-hybridized carbons (Fsp3) is 0.545. The van der Waals surface area contributed by atoms with E-state index in [1.807, 2.05) is 0 Å². The number of ether oxygens (including phenoxy) is 1. The Balaban J connectivity index is 3.04. The molecule has 2 N–H and O–H groups in total. The van der Waals surface area contributed by atoms with E-state index in [1.54, 1.807) is 14.0 Å². The van der Waals surface area contributed by atoms with Crippen LogP contribution in [0, 0.1) is 0 Å². The summed E-state index contributed by atoms with van der Waals surface area (Å²) < 4.78 is 36.2. The van der Waals surface area contributed by atoms with Gasteiger partial charge in [-0.05, 0) is 7.05 Å². The highest BCUT2D eigenvalue weighted by Gasteiger charge is 2.25. The zero-order valence-electron chi connectivity index (χ0n) is 11.1. The van der Waals surface area contributed by atoms with Gasteiger partial charge in [-0.15, -0.1) is 0 Å². The molecule has 1 aromatic rings. The van der Waals surface area contributed by atoms with Crippen LogP contribution < -0.4 is 10.0 Å². The first-order valence-corrected chi connectivity index (χ1v) is 7.29. The molecule has 7 nitrogen and oxygen atoms in total. The summed E-state index contributed by atoms with van der Waals surface area (Å²) in [5.41, 5.74) is 0. The zero-order valence-corrected chi connectivity index (χ0v) is 12.0. The molecule has 0 aliphatic rings. The fourth-order valence-electron chi connectivity index (χ4n) is 1.48. The van der Waals surface area contributed by atoms with E-state index in [2.05, 4.69) is 14.8 Å². The Bertz CT molecular complexity index is 535. The van der Waals surface area contributed by atoms with Gasteiger partial charge < -0.3 is 14.5 Å². The summed E-state index contributed by atoms with van der Waals surface area (Å²) in [5, 5.41) is 2.83. The molecule has 0 bridgehead atoms. The summed E-state index contributed by atoms with van der Waals surface area (Å²) in [5.74, 6) is -0.586. The molecule has 0 aliphatic heterocycles. The third-order valence-corrected chi connectivity index (χ3v) is 3.94. The van der Waals surface area contributed by atoms with Gasteiger partial charge >= 0.3 is 5.97 Å². The standard InChI is InChI=1S/C11H18N2O5S/c1-4-8-10(7-9(18-8)11(14)17-3)19(15,16)13-6-5-12-2/h7,12-13H,4-6H2,1-3H3. The minimum absolute atomic E-state index is 0.0218. The maximum absolute atomic E-state index is 12.1. The molecular formula is C11H18N2O5S. The summed E-state index contributed by atoms with van der Waals surface area (Å²) in [7, 11) is -0.762. The molecule has 1 aromatic heterocycles. The molecule has 0 aliphatic carbocycles. The first kappa shape index (κ1) is 15.7. The number of furan rings is 1. The lowest BCUT2D eigenvalue weighted by atomic mass is 10.3. The third kappa shape index (κ3) is 3.79. The van der Waals surface area contributed by atoms with Crippen LogP contribution in [0.1, 0.15) is 23.2 Å². The van der Waals surface area contributed by atoms with Crippen LogP contribution in [0.3, 0.4) is 0 Å². The average Bonchev–Trinajstić information content (AvgIpc) is 2.83. The number of carbonyl (C=O) groups is 1. The van der Waals surface area contributed by atoms with E-state index in [9.17, 15) is 13.2 Å². The molecule has 0 unspecified atom stereocenters. The number of hydrogen-bond donors (Lipinski definition) is 2. The van der Waals surface area contributed by atoms with Gasteiger partial charge in [-0.2, -0.15) is 0 Å². The van der Waals surface area contributed by atoms with Crippen molar-refractivity contribution in [2.45, 2.75) is 18.2 Å². The van der Waals surface area contributed by atoms with Crippen LogP contribution in [0.5, 0.6) is 0 Å². The number of rotatable bonds is 7. The molecule has 0 saturated carbocycles. The summed E-state index contributed by atoms with van der Waals surface area (Å²) in [6.07, 6.45) is 0.360. The van der Waals surface area contributed by atoms with Crippen LogP contribution in [0.4, 0.5) is 0 Å². The van der Waals surface area contributed by atoms with E-state index in [0.717, 1.165) is 0 Å². The van der Waals surface area contributed by atoms with E-state index in [-0.39, 0.29) is 23.0 Å². The van der Waals surface area contributed by atoms with Gasteiger partial charge in [0.1, 0.15) is 10.7 Å². The first-order chi connectivity index (χ1) is 8.96. The molecule has 0 atom stereocenters. The predicted octanol–water partition coefficient (Wildman–Crippen LogP) is 0.126. The SMILES string of the molecule is CCc1oc(C(=O)OC)cc1S(=O)(=O)NCCNC. The molecule has 108 valence electrons. The molecule has 0 spiro atoms. The lowest BCUT2D eigenvalue weighted by Crippen LogP contribution is -2.30. The fourth-order valence-corrected chi connectivity index (χ4v) is 2.75. The monoisotopic (exact) mass is 290 g/mol. The number of esters is 1. The average molecular weight is 290 g/mol. The Morgan fingerprint density at radius 3 is 2.63 bits per heavy atom. The Hall–Kier alpha value is -1.38. The smallest absolute Gasteiger partial charge is 0.373 e. The second-order valence-corrected chi connectivity index (χ2v) is 5.48. The van der Waals surface area contributed by atoms with Gasteiger partial charge in [-0.1, -0.05) is 6.92 Å². The van der Waals surface area contributed by atoms with Gasteiger partial charge in [-0.25, -0.2) is 17.9 Å². The van der Waals surface area contributed by atoms with Gasteiger partial charge in [0.05, 0.1) is 7.11 Å². The summed E-state index contributed by atoms with van der Waals surface area (Å²) in [6.45, 7) is 2.50. The first-order valence-electron chi connectivity index (χ1n) is 5.81. The van der Waals surface area contributed by atoms with Crippen molar-refractivity contribution in [1.29, 1.82) is 0 Å². The number of nitrogens with one attached hydrogen (secondary N) is 2. The minimum Gasteiger partial charge on any atom is -0.463 e. The molecule has 1 rings (SSSR count). The van der Waals surface area contributed by atoms with E-state index >= 15 is 0 Å². The van der Waals surface area contributed by atoms with Crippen molar-refractivity contribution >= 4 is 16.0 Å². The Labute approximate surface area is 112 Å². The van der Waals surface area contributed by atoms with Gasteiger partial charge in [0.25, 0.3) is 0 Å². The summed E-state index contributed by atoms with van der Waals surface area (Å²) in [4.78, 5) is 11.3. The lowest BCUT2D eigenvalue weighted by Gasteiger charge is -2.05. The minimum atomic E-state index is -3.69. The largest absolute Gasteiger partial charge is 0.463 e. The highest BCUT2D eigenvalue weighted by atomic mass is 32.2. The van der Waals surface area contributed by atoms with Gasteiger partial charge in [-0.3, -0.25) is 0 Å². The highest BCUT2D eigenvalue weighted by Crippen LogP contribution is 2.21. The number of sulfonamides is 1. The van der Waals surface area contributed by atoms with E-state index in [4.69, 9.17) is 4.42 Å². The van der Waals surface area contributed by atoms with Crippen molar-refractivity contribution in [2.75, 3.05) is 27.2 Å². The number of aryl methyl sites for hydroxylation is 1. The van der Waals surface area contributed by atoms with E-state index in [1.165, 1.54) is 13.2 Å². The van der Waals surface area contributed by atoms with Crippen LogP contribution in [0.15, 0.2) is 15.4 Å². The molecule has 8 heteroatoms. The van der Waals surface area contributed by atoms with Crippen molar-refractivity contribution in [1.82, 2.24) is 10.0 Å². The van der Waals surface area contributed by atoms with E-state index < -0.39 is 16.0 Å². The molecule has 1 heterocycles. The molecule has 0 amide bonds. The van der Waals surface area contributed by atoms with Crippen molar-refractivity contribution in [3.05, 3.63) is 17.6 Å². The van der Waals surface area contributed by atoms with Crippen LogP contribution in [0.2, 0.25) is 0 Å². The number of likely N-dealkylation sites (N-methyl/N-ethyl adjacent to an activating group) is 1. The van der Waals surface area contributed by atoms with Crippen molar-refractivity contribution in [3.8, 4) is 0 Å². The predicted molar refractivity (Wildman–Crippen MR) is 68.5 cm³/mol. The van der Waals surface area contributed by atoms with Gasteiger partial charge in [0.2, 0.25) is 15.8 Å². The van der Waals surface area contributed by atoms with Gasteiger partial charge in [0, 0.05) is 25.6 Å². The van der Waals surface area contributed by atoms with Crippen molar-refractivity contribution in [2.24, 2.45) is 0 Å². The topological polar surface area (TPSA) is 97.6 Å². The Morgan fingerprint density at radius 1 is 1.42 bits per heavy atom. The second kappa shape index (κ2) is 6.69. The van der Waals surface area contributed by atoms with Gasteiger partial charge in [0.15, 0.2) is 0 Å². The molecule has 19 heavy (non-hydrogen) atoms. The zero-order chi connectivity index (χ0) is 14.5. The summed E-state index contributed by atoms with van der Waals surface area (Å²) >= 11 is 0. The molecule has 0 radical (unpaired) electrons. The maximum atomic E-state index is 12.1.